The van der Waals surface area contributed by atoms with Crippen LogP contribution >= 0.6 is 11.6 Å². The largest absolute Gasteiger partial charge is 0.477 e. The summed E-state index contributed by atoms with van der Waals surface area (Å²) in [5.41, 5.74) is 0.484. The van der Waals surface area contributed by atoms with Crippen molar-refractivity contribution in [3.05, 3.63) is 64.9 Å². The number of rotatable bonds is 8. The molecule has 234 valence electrons. The van der Waals surface area contributed by atoms with Crippen LogP contribution in [0.1, 0.15) is 42.7 Å². The summed E-state index contributed by atoms with van der Waals surface area (Å²) in [5.74, 6) is -1.14. The summed E-state index contributed by atoms with van der Waals surface area (Å²) in [4.78, 5) is 40.1. The van der Waals surface area contributed by atoms with Crippen molar-refractivity contribution in [2.45, 2.75) is 44.9 Å². The average molecular weight is 631 g/mol. The van der Waals surface area contributed by atoms with Gasteiger partial charge in [0.25, 0.3) is 5.91 Å². The van der Waals surface area contributed by atoms with Gasteiger partial charge in [-0.3, -0.25) is 9.59 Å². The number of anilines is 2. The SMILES string of the molecule is CCOc1ncccc1-c1ccc(N2C[C@@H](C(=O)Nc3ccc(Cl)cc3C(F)(F)F)C[C@H]2C)c(C(=O)N[C@@H]2CCN(C)C2)n1. The van der Waals surface area contributed by atoms with Crippen LogP contribution in [0.5, 0.6) is 5.88 Å². The number of likely N-dealkylation sites (N-methyl/N-ethyl adjacent to an activating group) is 1. The lowest BCUT2D eigenvalue weighted by Crippen LogP contribution is -2.38. The highest BCUT2D eigenvalue weighted by atomic mass is 35.5. The Bertz CT molecular complexity index is 1540. The van der Waals surface area contributed by atoms with E-state index < -0.39 is 23.6 Å². The number of nitrogens with one attached hydrogen (secondary N) is 2. The predicted molar refractivity (Wildman–Crippen MR) is 162 cm³/mol. The molecule has 2 aliphatic heterocycles. The van der Waals surface area contributed by atoms with Crippen LogP contribution in [-0.2, 0) is 11.0 Å². The molecule has 0 bridgehead atoms. The highest BCUT2D eigenvalue weighted by Crippen LogP contribution is 2.38. The minimum Gasteiger partial charge on any atom is -0.477 e. The molecule has 2 saturated heterocycles. The molecule has 9 nitrogen and oxygen atoms in total. The first-order chi connectivity index (χ1) is 20.9. The van der Waals surface area contributed by atoms with Gasteiger partial charge in [-0.1, -0.05) is 11.6 Å². The van der Waals surface area contributed by atoms with Crippen LogP contribution in [0.15, 0.2) is 48.7 Å². The van der Waals surface area contributed by atoms with Crippen LogP contribution in [0.2, 0.25) is 5.02 Å². The lowest BCUT2D eigenvalue weighted by molar-refractivity contribution is -0.137. The summed E-state index contributed by atoms with van der Waals surface area (Å²) in [6, 6.07) is 10.1. The molecule has 13 heteroatoms. The van der Waals surface area contributed by atoms with Crippen molar-refractivity contribution in [1.82, 2.24) is 20.2 Å². The number of halogens is 4. The number of hydrogen-bond acceptors (Lipinski definition) is 7. The van der Waals surface area contributed by atoms with Gasteiger partial charge in [-0.05, 0) is 82.7 Å². The van der Waals surface area contributed by atoms with Crippen molar-refractivity contribution in [1.29, 1.82) is 0 Å². The molecule has 0 aliphatic carbocycles. The Morgan fingerprint density at radius 3 is 2.66 bits per heavy atom. The smallest absolute Gasteiger partial charge is 0.418 e. The Morgan fingerprint density at radius 1 is 1.16 bits per heavy atom. The molecule has 0 spiro atoms. The van der Waals surface area contributed by atoms with E-state index in [4.69, 9.17) is 21.3 Å². The summed E-state index contributed by atoms with van der Waals surface area (Å²) in [6.45, 7) is 5.93. The normalized spacial score (nSPS) is 20.5. The lowest BCUT2D eigenvalue weighted by atomic mass is 10.0. The van der Waals surface area contributed by atoms with E-state index in [2.05, 4.69) is 20.5 Å². The maximum absolute atomic E-state index is 13.7. The average Bonchev–Trinajstić information content (AvgIpc) is 3.58. The molecule has 2 amide bonds. The van der Waals surface area contributed by atoms with E-state index in [1.54, 1.807) is 24.4 Å². The first-order valence-corrected chi connectivity index (χ1v) is 14.8. The Balaban J connectivity index is 1.44. The minimum absolute atomic E-state index is 0.0417. The predicted octanol–water partition coefficient (Wildman–Crippen LogP) is 5.50. The molecule has 1 aromatic carbocycles. The van der Waals surface area contributed by atoms with Crippen molar-refractivity contribution in [2.24, 2.45) is 5.92 Å². The second-order valence-corrected chi connectivity index (χ2v) is 11.6. The molecule has 5 rings (SSSR count). The van der Waals surface area contributed by atoms with Gasteiger partial charge in [-0.25, -0.2) is 9.97 Å². The van der Waals surface area contributed by atoms with Gasteiger partial charge in [0.2, 0.25) is 11.8 Å². The molecule has 4 heterocycles. The van der Waals surface area contributed by atoms with Crippen LogP contribution in [-0.4, -0.2) is 72.1 Å². The van der Waals surface area contributed by atoms with E-state index in [1.165, 1.54) is 6.07 Å². The van der Waals surface area contributed by atoms with Gasteiger partial charge in [0.1, 0.15) is 0 Å². The number of aromatic nitrogens is 2. The fourth-order valence-corrected chi connectivity index (χ4v) is 5.97. The Labute approximate surface area is 258 Å². The second-order valence-electron chi connectivity index (χ2n) is 11.2. The molecule has 0 saturated carbocycles. The standard InChI is InChI=1S/C31H34ClF3N6O3/c1-4-44-30-22(6-5-12-36-30)24-9-10-26(27(38-24)29(43)37-21-11-13-40(3)17-21)41-16-19(14-18(41)2)28(42)39-25-8-7-20(32)15-23(25)31(33,34)35/h5-10,12,15,18-19,21H,4,11,13-14,16-17H2,1-3H3,(H,37,43)(H,39,42)/t18-,19+,21-/m1/s1. The second kappa shape index (κ2) is 13.0. The summed E-state index contributed by atoms with van der Waals surface area (Å²) in [5, 5.41) is 5.47. The van der Waals surface area contributed by atoms with E-state index in [1.807, 2.05) is 31.9 Å². The number of pyridine rings is 2. The molecule has 2 fully saturated rings. The number of benzene rings is 1. The van der Waals surface area contributed by atoms with Gasteiger partial charge in [0, 0.05) is 36.4 Å². The maximum Gasteiger partial charge on any atom is 0.418 e. The first-order valence-electron chi connectivity index (χ1n) is 14.5. The Kier molecular flexibility index (Phi) is 9.31. The van der Waals surface area contributed by atoms with Gasteiger partial charge < -0.3 is 25.2 Å². The fraction of sp³-hybridized carbons (Fsp3) is 0.419. The Hall–Kier alpha value is -3.90. The van der Waals surface area contributed by atoms with Crippen LogP contribution in [0.4, 0.5) is 24.5 Å². The van der Waals surface area contributed by atoms with Crippen LogP contribution in [0.3, 0.4) is 0 Å². The summed E-state index contributed by atoms with van der Waals surface area (Å²) >= 11 is 5.80. The maximum atomic E-state index is 13.7. The van der Waals surface area contributed by atoms with Gasteiger partial charge in [-0.2, -0.15) is 13.2 Å². The third-order valence-corrected chi connectivity index (χ3v) is 8.18. The Morgan fingerprint density at radius 2 is 1.95 bits per heavy atom. The molecular weight excluding hydrogens is 597 g/mol. The molecule has 2 N–H and O–H groups in total. The van der Waals surface area contributed by atoms with Crippen LogP contribution in [0.25, 0.3) is 11.3 Å². The number of ether oxygens (including phenoxy) is 1. The van der Waals surface area contributed by atoms with E-state index >= 15 is 0 Å². The topological polar surface area (TPSA) is 99.7 Å². The quantitative estimate of drug-likeness (QED) is 0.339. The molecule has 0 radical (unpaired) electrons. The minimum atomic E-state index is -4.69. The number of amides is 2. The van der Waals surface area contributed by atoms with Crippen molar-refractivity contribution >= 4 is 34.8 Å². The third-order valence-electron chi connectivity index (χ3n) is 7.94. The summed E-state index contributed by atoms with van der Waals surface area (Å²) in [7, 11) is 1.99. The monoisotopic (exact) mass is 630 g/mol. The number of nitrogens with zero attached hydrogens (tertiary/aromatic N) is 4. The first kappa shape index (κ1) is 31.5. The molecular formula is C31H34ClF3N6O3. The third kappa shape index (κ3) is 6.91. The zero-order valence-electron chi connectivity index (χ0n) is 24.6. The number of carbonyl (C=O) groups excluding carboxylic acids is 2. The van der Waals surface area contributed by atoms with Crippen molar-refractivity contribution in [3.8, 4) is 17.1 Å². The number of likely N-dealkylation sites (tertiary alicyclic amines) is 1. The van der Waals surface area contributed by atoms with Gasteiger partial charge >= 0.3 is 6.18 Å². The molecule has 44 heavy (non-hydrogen) atoms. The van der Waals surface area contributed by atoms with Gasteiger partial charge in [0.05, 0.1) is 40.7 Å². The highest BCUT2D eigenvalue weighted by molar-refractivity contribution is 6.30. The summed E-state index contributed by atoms with van der Waals surface area (Å²) in [6.07, 6.45) is -1.90. The lowest BCUT2D eigenvalue weighted by Gasteiger charge is -2.26. The van der Waals surface area contributed by atoms with Crippen LogP contribution in [0, 0.1) is 5.92 Å². The molecule has 3 aromatic rings. The summed E-state index contributed by atoms with van der Waals surface area (Å²) < 4.78 is 46.6. The van der Waals surface area contributed by atoms with Crippen LogP contribution < -0.4 is 20.3 Å². The van der Waals surface area contributed by atoms with E-state index in [0.29, 0.717) is 42.4 Å². The van der Waals surface area contributed by atoms with E-state index in [-0.39, 0.29) is 40.9 Å². The van der Waals surface area contributed by atoms with Crippen molar-refractivity contribution in [3.63, 3.8) is 0 Å². The van der Waals surface area contributed by atoms with Crippen molar-refractivity contribution < 1.29 is 27.5 Å². The highest BCUT2D eigenvalue weighted by Gasteiger charge is 2.38. The molecule has 2 aromatic heterocycles. The fourth-order valence-electron chi connectivity index (χ4n) is 5.80. The van der Waals surface area contributed by atoms with Gasteiger partial charge in [-0.15, -0.1) is 0 Å². The van der Waals surface area contributed by atoms with Crippen molar-refractivity contribution in [2.75, 3.05) is 43.5 Å². The number of hydrogen-bond donors (Lipinski definition) is 2. The number of alkyl halides is 3. The van der Waals surface area contributed by atoms with E-state index in [0.717, 1.165) is 25.1 Å². The number of carbonyl (C=O) groups is 2. The molecule has 3 atom stereocenters. The van der Waals surface area contributed by atoms with E-state index in [9.17, 15) is 22.8 Å². The van der Waals surface area contributed by atoms with Gasteiger partial charge in [0.15, 0.2) is 5.69 Å². The zero-order chi connectivity index (χ0) is 31.6. The molecule has 0 unspecified atom stereocenters. The molecule has 2 aliphatic rings. The zero-order valence-corrected chi connectivity index (χ0v) is 25.4.